The van der Waals surface area contributed by atoms with Crippen molar-refractivity contribution in [3.63, 3.8) is 0 Å². The van der Waals surface area contributed by atoms with E-state index >= 15 is 0 Å². The van der Waals surface area contributed by atoms with Crippen LogP contribution in [0, 0.1) is 11.3 Å². The van der Waals surface area contributed by atoms with Crippen LogP contribution in [0.2, 0.25) is 0 Å². The van der Waals surface area contributed by atoms with Crippen molar-refractivity contribution >= 4 is 17.7 Å². The van der Waals surface area contributed by atoms with Crippen LogP contribution in [-0.4, -0.2) is 48.8 Å². The number of hydrogen-bond donors (Lipinski definition) is 2. The Kier molecular flexibility index (Phi) is 6.63. The second-order valence-corrected chi connectivity index (χ2v) is 7.43. The van der Waals surface area contributed by atoms with Gasteiger partial charge in [-0.05, 0) is 31.6 Å². The van der Waals surface area contributed by atoms with Gasteiger partial charge in [0.2, 0.25) is 17.7 Å². The molecule has 1 heterocycles. The molecule has 0 unspecified atom stereocenters. The minimum atomic E-state index is -0.172. The van der Waals surface area contributed by atoms with E-state index in [0.717, 1.165) is 38.5 Å². The smallest absolute Gasteiger partial charge is 0.241 e. The lowest BCUT2D eigenvalue weighted by atomic mass is 9.87. The summed E-state index contributed by atoms with van der Waals surface area (Å²) in [6.07, 6.45) is 6.51. The van der Waals surface area contributed by atoms with Crippen LogP contribution < -0.4 is 10.6 Å². The average Bonchev–Trinajstić information content (AvgIpc) is 3.05. The zero-order valence-corrected chi connectivity index (χ0v) is 15.0. The van der Waals surface area contributed by atoms with Gasteiger partial charge in [-0.1, -0.05) is 26.7 Å². The van der Waals surface area contributed by atoms with Crippen LogP contribution in [-0.2, 0) is 14.4 Å². The molecule has 6 heteroatoms. The fourth-order valence-electron chi connectivity index (χ4n) is 3.63. The van der Waals surface area contributed by atoms with Gasteiger partial charge in [-0.2, -0.15) is 0 Å². The molecule has 0 aromatic carbocycles. The molecule has 0 radical (unpaired) electrons. The molecular weight excluding hydrogens is 306 g/mol. The molecule has 2 aliphatic rings. The van der Waals surface area contributed by atoms with Gasteiger partial charge in [0.1, 0.15) is 0 Å². The van der Waals surface area contributed by atoms with Crippen LogP contribution in [0.15, 0.2) is 0 Å². The van der Waals surface area contributed by atoms with Crippen molar-refractivity contribution in [2.45, 2.75) is 58.8 Å². The molecule has 0 spiro atoms. The Morgan fingerprint density at radius 3 is 2.29 bits per heavy atom. The maximum absolute atomic E-state index is 12.3. The normalized spacial score (nSPS) is 20.7. The van der Waals surface area contributed by atoms with Gasteiger partial charge in [-0.15, -0.1) is 0 Å². The SMILES string of the molecule is CCC(=O)NCC(=O)N1CCC(CNC(=O)C2(C)CCCC2)CC1. The van der Waals surface area contributed by atoms with E-state index in [-0.39, 0.29) is 29.7 Å². The van der Waals surface area contributed by atoms with Crippen molar-refractivity contribution in [2.24, 2.45) is 11.3 Å². The first-order valence-corrected chi connectivity index (χ1v) is 9.27. The summed E-state index contributed by atoms with van der Waals surface area (Å²) in [6, 6.07) is 0. The van der Waals surface area contributed by atoms with E-state index in [9.17, 15) is 14.4 Å². The number of nitrogens with one attached hydrogen (secondary N) is 2. The van der Waals surface area contributed by atoms with Crippen LogP contribution in [0.1, 0.15) is 58.8 Å². The van der Waals surface area contributed by atoms with Crippen LogP contribution in [0.4, 0.5) is 0 Å². The zero-order chi connectivity index (χ0) is 17.6. The van der Waals surface area contributed by atoms with Crippen molar-refractivity contribution in [1.82, 2.24) is 15.5 Å². The van der Waals surface area contributed by atoms with Crippen LogP contribution in [0.3, 0.4) is 0 Å². The van der Waals surface area contributed by atoms with E-state index in [1.54, 1.807) is 6.92 Å². The zero-order valence-electron chi connectivity index (χ0n) is 15.0. The van der Waals surface area contributed by atoms with Crippen molar-refractivity contribution in [3.8, 4) is 0 Å². The van der Waals surface area contributed by atoms with Gasteiger partial charge in [0.15, 0.2) is 0 Å². The number of piperidine rings is 1. The maximum Gasteiger partial charge on any atom is 0.241 e. The maximum atomic E-state index is 12.3. The number of rotatable bonds is 6. The number of amides is 3. The number of hydrogen-bond acceptors (Lipinski definition) is 3. The Balaban J connectivity index is 1.66. The molecule has 1 aliphatic carbocycles. The molecule has 136 valence electrons. The van der Waals surface area contributed by atoms with E-state index in [0.29, 0.717) is 32.0 Å². The Bertz CT molecular complexity index is 464. The first kappa shape index (κ1) is 18.7. The third-order valence-electron chi connectivity index (χ3n) is 5.53. The first-order chi connectivity index (χ1) is 11.4. The fourth-order valence-corrected chi connectivity index (χ4v) is 3.63. The summed E-state index contributed by atoms with van der Waals surface area (Å²) < 4.78 is 0. The third-order valence-corrected chi connectivity index (χ3v) is 5.53. The Hall–Kier alpha value is -1.59. The molecule has 6 nitrogen and oxygen atoms in total. The second kappa shape index (κ2) is 8.49. The van der Waals surface area contributed by atoms with Crippen molar-refractivity contribution in [3.05, 3.63) is 0 Å². The molecule has 0 aromatic heterocycles. The summed E-state index contributed by atoms with van der Waals surface area (Å²) in [5.41, 5.74) is -0.172. The van der Waals surface area contributed by atoms with Gasteiger partial charge in [0, 0.05) is 31.5 Å². The lowest BCUT2D eigenvalue weighted by Gasteiger charge is -2.33. The number of carbonyl (C=O) groups excluding carboxylic acids is 3. The number of likely N-dealkylation sites (tertiary alicyclic amines) is 1. The second-order valence-electron chi connectivity index (χ2n) is 7.43. The summed E-state index contributed by atoms with van der Waals surface area (Å²) in [6.45, 7) is 6.06. The molecule has 1 saturated heterocycles. The van der Waals surface area contributed by atoms with E-state index in [1.807, 2.05) is 4.90 Å². The van der Waals surface area contributed by atoms with E-state index in [1.165, 1.54) is 0 Å². The minimum Gasteiger partial charge on any atom is -0.355 e. The van der Waals surface area contributed by atoms with Gasteiger partial charge >= 0.3 is 0 Å². The molecular formula is C18H31N3O3. The predicted molar refractivity (Wildman–Crippen MR) is 92.2 cm³/mol. The van der Waals surface area contributed by atoms with Crippen LogP contribution >= 0.6 is 0 Å². The highest BCUT2D eigenvalue weighted by molar-refractivity contribution is 5.84. The average molecular weight is 337 g/mol. The molecule has 24 heavy (non-hydrogen) atoms. The summed E-state index contributed by atoms with van der Waals surface area (Å²) in [5, 5.41) is 5.76. The molecule has 1 saturated carbocycles. The Morgan fingerprint density at radius 1 is 1.08 bits per heavy atom. The van der Waals surface area contributed by atoms with Crippen molar-refractivity contribution in [1.29, 1.82) is 0 Å². The molecule has 1 aliphatic heterocycles. The molecule has 0 aromatic rings. The van der Waals surface area contributed by atoms with Crippen LogP contribution in [0.5, 0.6) is 0 Å². The third kappa shape index (κ3) is 4.95. The molecule has 2 fully saturated rings. The summed E-state index contributed by atoms with van der Waals surface area (Å²) >= 11 is 0. The highest BCUT2D eigenvalue weighted by atomic mass is 16.2. The van der Waals surface area contributed by atoms with Crippen molar-refractivity contribution in [2.75, 3.05) is 26.2 Å². The first-order valence-electron chi connectivity index (χ1n) is 9.27. The molecule has 0 bridgehead atoms. The number of nitrogens with zero attached hydrogens (tertiary/aromatic N) is 1. The van der Waals surface area contributed by atoms with Gasteiger partial charge in [-0.3, -0.25) is 14.4 Å². The van der Waals surface area contributed by atoms with Crippen molar-refractivity contribution < 1.29 is 14.4 Å². The van der Waals surface area contributed by atoms with Gasteiger partial charge < -0.3 is 15.5 Å². The quantitative estimate of drug-likeness (QED) is 0.770. The number of carbonyl (C=O) groups is 3. The Morgan fingerprint density at radius 2 is 1.71 bits per heavy atom. The largest absolute Gasteiger partial charge is 0.355 e. The molecule has 0 atom stereocenters. The minimum absolute atomic E-state index is 0.0160. The standard InChI is InChI=1S/C18H31N3O3/c1-3-15(22)19-13-16(23)21-10-6-14(7-11-21)12-20-17(24)18(2)8-4-5-9-18/h14H,3-13H2,1-2H3,(H,19,22)(H,20,24). The van der Waals surface area contributed by atoms with E-state index < -0.39 is 0 Å². The van der Waals surface area contributed by atoms with E-state index in [2.05, 4.69) is 17.6 Å². The topological polar surface area (TPSA) is 78.5 Å². The van der Waals surface area contributed by atoms with E-state index in [4.69, 9.17) is 0 Å². The van der Waals surface area contributed by atoms with Gasteiger partial charge in [-0.25, -0.2) is 0 Å². The lowest BCUT2D eigenvalue weighted by Crippen LogP contribution is -2.46. The fraction of sp³-hybridized carbons (Fsp3) is 0.833. The predicted octanol–water partition coefficient (Wildman–Crippen LogP) is 1.45. The summed E-state index contributed by atoms with van der Waals surface area (Å²) in [7, 11) is 0. The molecule has 3 amide bonds. The molecule has 2 rings (SSSR count). The summed E-state index contributed by atoms with van der Waals surface area (Å²) in [4.78, 5) is 37.4. The lowest BCUT2D eigenvalue weighted by molar-refractivity contribution is -0.134. The summed E-state index contributed by atoms with van der Waals surface area (Å²) in [5.74, 6) is 0.521. The molecule has 2 N–H and O–H groups in total. The Labute approximate surface area is 144 Å². The van der Waals surface area contributed by atoms with Gasteiger partial charge in [0.25, 0.3) is 0 Å². The highest BCUT2D eigenvalue weighted by Crippen LogP contribution is 2.37. The highest BCUT2D eigenvalue weighted by Gasteiger charge is 2.36. The van der Waals surface area contributed by atoms with Gasteiger partial charge in [0.05, 0.1) is 6.54 Å². The monoisotopic (exact) mass is 337 g/mol. The van der Waals surface area contributed by atoms with Crippen LogP contribution in [0.25, 0.3) is 0 Å².